The number of carbonyl (C=O) groups is 3. The minimum absolute atomic E-state index is 0. The minimum Gasteiger partial charge on any atom is -1.00 e. The van der Waals surface area contributed by atoms with Crippen molar-refractivity contribution in [2.45, 2.75) is 48.8 Å². The predicted molar refractivity (Wildman–Crippen MR) is 218 cm³/mol. The van der Waals surface area contributed by atoms with Gasteiger partial charge in [-0.2, -0.15) is 38.1 Å². The Kier molecular flexibility index (Phi) is 37.0. The van der Waals surface area contributed by atoms with Gasteiger partial charge in [-0.3, -0.25) is 20.2 Å². The summed E-state index contributed by atoms with van der Waals surface area (Å²) in [6.07, 6.45) is -3.00. The molecule has 0 aliphatic rings. The van der Waals surface area contributed by atoms with E-state index in [1.807, 2.05) is 0 Å². The van der Waals surface area contributed by atoms with Crippen molar-refractivity contribution in [3.8, 4) is 0 Å². The number of hydrogen-bond donors (Lipinski definition) is 2. The maximum atomic E-state index is 12.8. The van der Waals surface area contributed by atoms with Crippen LogP contribution < -0.4 is 114 Å². The van der Waals surface area contributed by atoms with Crippen LogP contribution >= 0.6 is 79.6 Å². The summed E-state index contributed by atoms with van der Waals surface area (Å²) >= 11 is 17.0. The van der Waals surface area contributed by atoms with E-state index in [1.54, 1.807) is 13.8 Å². The van der Waals surface area contributed by atoms with Gasteiger partial charge in [0.2, 0.25) is 0 Å². The number of nitrogens with two attached hydrogens (primary N) is 1. The first-order valence-electron chi connectivity index (χ1n) is 15.8. The van der Waals surface area contributed by atoms with Crippen LogP contribution in [0.1, 0.15) is 69.9 Å². The van der Waals surface area contributed by atoms with Crippen molar-refractivity contribution in [2.75, 3.05) is 13.2 Å². The summed E-state index contributed by atoms with van der Waals surface area (Å²) in [6.45, 7) is 3.72. The van der Waals surface area contributed by atoms with Crippen molar-refractivity contribution in [2.24, 2.45) is 5.73 Å². The number of benzene rings is 2. The molecular weight excluding hydrogens is 1090 g/mol. The Balaban J connectivity index is -0.000000397. The summed E-state index contributed by atoms with van der Waals surface area (Å²) in [5, 5.41) is 16.4. The number of halogens is 10. The zero-order chi connectivity index (χ0) is 43.9. The number of nitrogens with zero attached hydrogens (tertiary/aromatic N) is 4. The second kappa shape index (κ2) is 34.8. The molecule has 326 valence electrons. The summed E-state index contributed by atoms with van der Waals surface area (Å²) < 4.78 is 84.6. The average Bonchev–Trinajstić information content (AvgIpc) is 3.18. The van der Waals surface area contributed by atoms with E-state index in [4.69, 9.17) is 53.9 Å². The topological polar surface area (TPSA) is 203 Å². The van der Waals surface area contributed by atoms with Gasteiger partial charge in [-0.25, -0.2) is 19.6 Å². The molecule has 0 radical (unpaired) electrons. The van der Waals surface area contributed by atoms with E-state index in [-0.39, 0.29) is 174 Å². The van der Waals surface area contributed by atoms with Gasteiger partial charge in [-0.05, 0) is 61.4 Å². The van der Waals surface area contributed by atoms with E-state index in [1.165, 1.54) is 48.7 Å². The van der Waals surface area contributed by atoms with Gasteiger partial charge in [0, 0.05) is 57.4 Å². The van der Waals surface area contributed by atoms with Crippen LogP contribution in [-0.4, -0.2) is 56.7 Å². The van der Waals surface area contributed by atoms with Crippen LogP contribution in [-0.2, 0) is 54.1 Å². The normalized spacial score (nSPS) is 10.1. The molecule has 0 amide bonds. The molecule has 2 heterocycles. The van der Waals surface area contributed by atoms with Crippen LogP contribution in [0.4, 0.5) is 26.3 Å². The van der Waals surface area contributed by atoms with Gasteiger partial charge in [0.05, 0.1) is 35.7 Å². The van der Waals surface area contributed by atoms with Gasteiger partial charge < -0.3 is 26.8 Å². The van der Waals surface area contributed by atoms with Crippen molar-refractivity contribution in [3.05, 3.63) is 116 Å². The summed E-state index contributed by atoms with van der Waals surface area (Å²) in [4.78, 5) is 50.6. The molecule has 0 unspecified atom stereocenters. The maximum Gasteiger partial charge on any atom is 1.00 e. The number of ether oxygens (including phenoxy) is 2. The number of amidine groups is 1. The molecule has 0 aliphatic carbocycles. The summed E-state index contributed by atoms with van der Waals surface area (Å²) in [5.41, 5.74) is 5.75. The molecule has 13 nitrogen and oxygen atoms in total. The second-order valence-electron chi connectivity index (χ2n) is 10.2. The molecule has 0 fully saturated rings. The fourth-order valence-electron chi connectivity index (χ4n) is 3.80. The van der Waals surface area contributed by atoms with E-state index in [0.717, 1.165) is 36.0 Å². The van der Waals surface area contributed by atoms with Crippen molar-refractivity contribution in [1.82, 2.24) is 19.9 Å². The third kappa shape index (κ3) is 25.7. The van der Waals surface area contributed by atoms with E-state index in [2.05, 4.69) is 40.8 Å². The summed E-state index contributed by atoms with van der Waals surface area (Å²) in [7, 11) is 0. The predicted octanol–water partition coefficient (Wildman–Crippen LogP) is 2.93. The average molecular weight is 1130 g/mol. The third-order valence-electron chi connectivity index (χ3n) is 6.28. The number of carbonyl (C=O) groups excluding carboxylic acids is 3. The minimum atomic E-state index is -4.42. The van der Waals surface area contributed by atoms with Gasteiger partial charge in [0.1, 0.15) is 0 Å². The molecule has 4 aromatic rings. The van der Waals surface area contributed by atoms with E-state index < -0.39 is 35.4 Å². The number of hydrogen-bond acceptors (Lipinski definition) is 14. The van der Waals surface area contributed by atoms with E-state index in [9.17, 15) is 35.9 Å². The van der Waals surface area contributed by atoms with Crippen LogP contribution in [0.3, 0.4) is 0 Å². The number of aromatic nitrogens is 4. The fraction of sp³-hybridized carbons (Fsp3) is 0.294. The van der Waals surface area contributed by atoms with E-state index >= 15 is 0 Å². The number of alkyl halides is 7. The molecule has 3 N–H and O–H groups in total. The molecule has 0 atom stereocenters. The van der Waals surface area contributed by atoms with Crippen LogP contribution in [0.5, 0.6) is 0 Å². The van der Waals surface area contributed by atoms with Crippen LogP contribution in [0.2, 0.25) is 10.0 Å². The van der Waals surface area contributed by atoms with Gasteiger partial charge in [0.25, 0.3) is 6.47 Å². The van der Waals surface area contributed by atoms with Gasteiger partial charge >= 0.3 is 127 Å². The third-order valence-corrected chi connectivity index (χ3v) is 9.34. The molecule has 61 heavy (non-hydrogen) atoms. The molecule has 0 saturated carbocycles. The summed E-state index contributed by atoms with van der Waals surface area (Å²) in [5.74, 6) is -0.230. The summed E-state index contributed by atoms with van der Waals surface area (Å²) in [6, 6.07) is 6.45. The van der Waals surface area contributed by atoms with Crippen molar-refractivity contribution < 1.29 is 165 Å². The zero-order valence-corrected chi connectivity index (χ0v) is 45.1. The Morgan fingerprint density at radius 1 is 0.803 bits per heavy atom. The molecule has 2 aromatic carbocycles. The Labute approximate surface area is 470 Å². The van der Waals surface area contributed by atoms with Gasteiger partial charge in [-0.15, -0.1) is 17.0 Å². The van der Waals surface area contributed by atoms with Crippen molar-refractivity contribution in [1.29, 1.82) is 5.41 Å². The SMILES string of the molecule is Br.CCOC(=O)c1nccnc1CSC(=N)N.CCOC(=O)c1nccnc1CSCc1cc(C(F)(F)F)ccc1Cl.FC(F)(F)c1ccc(Cl)c(CBr)c1.O=CO[O-].[H-].[K+].[K+]. The maximum absolute atomic E-state index is 12.8. The first kappa shape index (κ1) is 64.8. The number of esters is 2. The van der Waals surface area contributed by atoms with E-state index in [0.29, 0.717) is 38.6 Å². The number of thioether (sulfide) groups is 2. The molecule has 2 aromatic heterocycles. The smallest absolute Gasteiger partial charge is 1.00 e. The Morgan fingerprint density at radius 3 is 1.57 bits per heavy atom. The molecule has 0 bridgehead atoms. The van der Waals surface area contributed by atoms with Crippen molar-refractivity contribution >= 4 is 103 Å². The second-order valence-corrected chi connectivity index (χ2v) is 13.6. The van der Waals surface area contributed by atoms with Gasteiger partial charge in [-0.1, -0.05) is 50.9 Å². The first-order chi connectivity index (χ1) is 27.3. The number of rotatable bonds is 12. The van der Waals surface area contributed by atoms with Crippen LogP contribution in [0.25, 0.3) is 0 Å². The molecular formula is C34H34Br2Cl2F6K2N6O7S2. The first-order valence-corrected chi connectivity index (χ1v) is 19.8. The Bertz CT molecular complexity index is 1980. The molecule has 27 heteroatoms. The van der Waals surface area contributed by atoms with Crippen LogP contribution in [0.15, 0.2) is 61.2 Å². The Hall–Kier alpha value is -0.467. The van der Waals surface area contributed by atoms with Crippen molar-refractivity contribution in [3.63, 3.8) is 0 Å². The monoisotopic (exact) mass is 1120 g/mol. The zero-order valence-electron chi connectivity index (χ0n) is 33.4. The quantitative estimate of drug-likeness (QED) is 0.0241. The number of nitrogens with one attached hydrogen (secondary N) is 1. The molecule has 0 spiro atoms. The Morgan fingerprint density at radius 2 is 1.20 bits per heavy atom. The fourth-order valence-corrected chi connectivity index (χ4v) is 6.35. The molecule has 4 rings (SSSR count). The standard InChI is InChI=1S/C16H14ClF3N2O2S.C9H12N4O2S.C8H5BrClF3.CH2O3.BrH.2K.H/c1-2-24-15(23)14-13(21-5-6-22-14)9-25-8-10-7-11(16(18,19)20)3-4-12(10)17;1-2-15-8(14)7-6(5-16-9(10)11)12-3-4-13-7;9-4-5-3-6(8(11,12)13)1-2-7(5)10;2-1-4-3;;;;/h3-7H,2,8-9H2,1H3;3-4H,2,5H2,1H3,(H3,10,11);1-3H,4H2;1,3H;1H;;;/q;;;;;2*+1;-1/p-1. The van der Waals surface area contributed by atoms with Gasteiger partial charge in [0.15, 0.2) is 16.6 Å². The largest absolute Gasteiger partial charge is 1.00 e. The molecule has 0 aliphatic heterocycles. The van der Waals surface area contributed by atoms with Crippen LogP contribution in [0, 0.1) is 5.41 Å². The molecule has 0 saturated heterocycles.